The standard InChI is InChI=1S/C26H27N7/c1-18-13-20(8-10-29-18)24-5-6-25-26(31-24)33(12-4-11-32(25)3)19(2)30-23-14-22(16-28-17-23)21-7-9-27-15-21/h5-6,8-10,13-17,30H,2,4,7,11-12H2,1,3H3. The molecule has 0 unspecified atom stereocenters. The maximum Gasteiger partial charge on any atom is 0.158 e. The van der Waals surface area contributed by atoms with Crippen molar-refractivity contribution in [3.63, 3.8) is 0 Å². The number of allylic oxidation sites excluding steroid dienone is 1. The molecule has 0 fully saturated rings. The highest BCUT2D eigenvalue weighted by Gasteiger charge is 2.23. The summed E-state index contributed by atoms with van der Waals surface area (Å²) in [6, 6.07) is 10.4. The topological polar surface area (TPSA) is 69.5 Å². The van der Waals surface area contributed by atoms with Crippen molar-refractivity contribution in [3.05, 3.63) is 78.8 Å². The van der Waals surface area contributed by atoms with Gasteiger partial charge < -0.3 is 15.1 Å². The maximum atomic E-state index is 5.07. The molecular weight excluding hydrogens is 410 g/mol. The molecule has 5 rings (SSSR count). The monoisotopic (exact) mass is 437 g/mol. The predicted molar refractivity (Wildman–Crippen MR) is 136 cm³/mol. The number of aryl methyl sites for hydroxylation is 1. The molecule has 0 radical (unpaired) electrons. The molecule has 0 atom stereocenters. The van der Waals surface area contributed by atoms with Crippen LogP contribution in [-0.4, -0.2) is 41.3 Å². The summed E-state index contributed by atoms with van der Waals surface area (Å²) in [6.07, 6.45) is 11.1. The van der Waals surface area contributed by atoms with E-state index in [-0.39, 0.29) is 0 Å². The lowest BCUT2D eigenvalue weighted by Gasteiger charge is -2.27. The molecule has 3 aromatic rings. The Morgan fingerprint density at radius 3 is 2.82 bits per heavy atom. The molecule has 7 nitrogen and oxygen atoms in total. The van der Waals surface area contributed by atoms with Gasteiger partial charge >= 0.3 is 0 Å². The van der Waals surface area contributed by atoms with Crippen LogP contribution in [0.3, 0.4) is 0 Å². The van der Waals surface area contributed by atoms with Crippen molar-refractivity contribution in [3.8, 4) is 11.3 Å². The third-order valence-electron chi connectivity index (χ3n) is 5.96. The first-order valence-corrected chi connectivity index (χ1v) is 11.1. The largest absolute Gasteiger partial charge is 0.372 e. The molecule has 0 aliphatic carbocycles. The minimum Gasteiger partial charge on any atom is -0.372 e. The number of hydrogen-bond donors (Lipinski definition) is 1. The molecule has 0 amide bonds. The highest BCUT2D eigenvalue weighted by atomic mass is 15.3. The fraction of sp³-hybridized carbons (Fsp3) is 0.231. The van der Waals surface area contributed by atoms with Gasteiger partial charge in [0, 0.05) is 62.6 Å². The van der Waals surface area contributed by atoms with Crippen molar-refractivity contribution in [2.24, 2.45) is 4.99 Å². The van der Waals surface area contributed by atoms with E-state index in [4.69, 9.17) is 4.98 Å². The van der Waals surface area contributed by atoms with Crippen molar-refractivity contribution in [1.29, 1.82) is 0 Å². The van der Waals surface area contributed by atoms with E-state index in [1.807, 2.05) is 44.0 Å². The minimum absolute atomic E-state index is 0.776. The molecule has 0 saturated carbocycles. The predicted octanol–water partition coefficient (Wildman–Crippen LogP) is 4.89. The summed E-state index contributed by atoms with van der Waals surface area (Å²) >= 11 is 0. The van der Waals surface area contributed by atoms with Crippen LogP contribution < -0.4 is 15.1 Å². The van der Waals surface area contributed by atoms with Crippen molar-refractivity contribution in [2.45, 2.75) is 19.8 Å². The number of hydrogen-bond acceptors (Lipinski definition) is 7. The second-order valence-electron chi connectivity index (χ2n) is 8.38. The van der Waals surface area contributed by atoms with Crippen LogP contribution in [0.15, 0.2) is 72.5 Å². The Hall–Kier alpha value is -4.00. The first-order chi connectivity index (χ1) is 16.1. The van der Waals surface area contributed by atoms with Crippen LogP contribution >= 0.6 is 0 Å². The normalized spacial score (nSPS) is 15.2. The van der Waals surface area contributed by atoms with E-state index in [9.17, 15) is 0 Å². The Kier molecular flexibility index (Phi) is 5.60. The number of nitrogens with zero attached hydrogens (tertiary/aromatic N) is 6. The summed E-state index contributed by atoms with van der Waals surface area (Å²) < 4.78 is 0. The Bertz CT molecular complexity index is 1260. The summed E-state index contributed by atoms with van der Waals surface area (Å²) in [7, 11) is 2.11. The van der Waals surface area contributed by atoms with Gasteiger partial charge in [0.25, 0.3) is 0 Å². The smallest absolute Gasteiger partial charge is 0.158 e. The van der Waals surface area contributed by atoms with E-state index in [1.54, 1.807) is 0 Å². The molecule has 0 bridgehead atoms. The zero-order chi connectivity index (χ0) is 22.8. The van der Waals surface area contributed by atoms with E-state index in [0.29, 0.717) is 0 Å². The van der Waals surface area contributed by atoms with Gasteiger partial charge in [0.1, 0.15) is 5.82 Å². The molecule has 0 saturated heterocycles. The quantitative estimate of drug-likeness (QED) is 0.613. The van der Waals surface area contributed by atoms with E-state index >= 15 is 0 Å². The van der Waals surface area contributed by atoms with Crippen molar-refractivity contribution in [2.75, 3.05) is 35.3 Å². The van der Waals surface area contributed by atoms with Crippen molar-refractivity contribution < 1.29 is 0 Å². The van der Waals surface area contributed by atoms with Crippen LogP contribution in [0.5, 0.6) is 0 Å². The first-order valence-electron chi connectivity index (χ1n) is 11.1. The lowest BCUT2D eigenvalue weighted by Crippen LogP contribution is -2.28. The fourth-order valence-corrected chi connectivity index (χ4v) is 4.22. The number of rotatable bonds is 5. The molecule has 0 spiro atoms. The van der Waals surface area contributed by atoms with Crippen LogP contribution in [-0.2, 0) is 0 Å². The minimum atomic E-state index is 0.776. The van der Waals surface area contributed by atoms with Gasteiger partial charge in [-0.1, -0.05) is 6.58 Å². The second kappa shape index (κ2) is 8.86. The van der Waals surface area contributed by atoms with Crippen LogP contribution in [0.2, 0.25) is 0 Å². The molecule has 2 aliphatic rings. The third kappa shape index (κ3) is 4.35. The summed E-state index contributed by atoms with van der Waals surface area (Å²) in [6.45, 7) is 8.13. The average molecular weight is 438 g/mol. The second-order valence-corrected chi connectivity index (χ2v) is 8.38. The van der Waals surface area contributed by atoms with Gasteiger partial charge in [0.05, 0.1) is 23.3 Å². The Morgan fingerprint density at radius 1 is 1.09 bits per heavy atom. The van der Waals surface area contributed by atoms with Crippen LogP contribution in [0.4, 0.5) is 17.2 Å². The Balaban J connectivity index is 1.46. The Labute approximate surface area is 194 Å². The van der Waals surface area contributed by atoms with Gasteiger partial charge in [-0.2, -0.15) is 0 Å². The maximum absolute atomic E-state index is 5.07. The van der Waals surface area contributed by atoms with Gasteiger partial charge in [0.15, 0.2) is 5.82 Å². The zero-order valence-electron chi connectivity index (χ0n) is 19.0. The number of aromatic nitrogens is 3. The van der Waals surface area contributed by atoms with Gasteiger partial charge in [0.2, 0.25) is 0 Å². The van der Waals surface area contributed by atoms with E-state index in [0.717, 1.165) is 77.0 Å². The molecule has 3 aromatic heterocycles. The van der Waals surface area contributed by atoms with E-state index in [2.05, 4.69) is 68.0 Å². The molecule has 5 heterocycles. The number of aliphatic imine (C=N–C) groups is 1. The highest BCUT2D eigenvalue weighted by Crippen LogP contribution is 2.34. The lowest BCUT2D eigenvalue weighted by molar-refractivity contribution is 0.789. The summed E-state index contributed by atoms with van der Waals surface area (Å²) in [5.74, 6) is 1.67. The molecule has 1 N–H and O–H groups in total. The van der Waals surface area contributed by atoms with Crippen LogP contribution in [0, 0.1) is 6.92 Å². The van der Waals surface area contributed by atoms with Gasteiger partial charge in [-0.05, 0) is 54.8 Å². The van der Waals surface area contributed by atoms with Crippen molar-refractivity contribution in [1.82, 2.24) is 15.0 Å². The fourth-order valence-electron chi connectivity index (χ4n) is 4.22. The van der Waals surface area contributed by atoms with Crippen molar-refractivity contribution >= 4 is 29.0 Å². The molecule has 0 aromatic carbocycles. The van der Waals surface area contributed by atoms with E-state index < -0.39 is 0 Å². The van der Waals surface area contributed by atoms with Gasteiger partial charge in [-0.25, -0.2) is 4.98 Å². The SMILES string of the molecule is C=C(Nc1cncc(C2=CN=CC2)c1)N1CCCN(C)c2ccc(-c3ccnc(C)c3)nc21. The Morgan fingerprint density at radius 2 is 2.00 bits per heavy atom. The average Bonchev–Trinajstić information content (AvgIpc) is 3.31. The van der Waals surface area contributed by atoms with E-state index in [1.165, 1.54) is 0 Å². The summed E-state index contributed by atoms with van der Waals surface area (Å²) in [5, 5.41) is 3.46. The lowest BCUT2D eigenvalue weighted by atomic mass is 10.1. The van der Waals surface area contributed by atoms with Crippen LogP contribution in [0.1, 0.15) is 24.1 Å². The molecule has 2 aliphatic heterocycles. The third-order valence-corrected chi connectivity index (χ3v) is 5.96. The zero-order valence-corrected chi connectivity index (χ0v) is 19.0. The number of fused-ring (bicyclic) bond motifs is 1. The highest BCUT2D eigenvalue weighted by molar-refractivity contribution is 5.84. The molecule has 166 valence electrons. The molecule has 33 heavy (non-hydrogen) atoms. The first kappa shape index (κ1) is 20.9. The summed E-state index contributed by atoms with van der Waals surface area (Å²) in [4.78, 5) is 22.4. The van der Waals surface area contributed by atoms with Gasteiger partial charge in [-0.15, -0.1) is 0 Å². The number of pyridine rings is 3. The van der Waals surface area contributed by atoms with Gasteiger partial charge in [-0.3, -0.25) is 15.0 Å². The van der Waals surface area contributed by atoms with Crippen LogP contribution in [0.25, 0.3) is 16.8 Å². The number of nitrogens with one attached hydrogen (secondary N) is 1. The summed E-state index contributed by atoms with van der Waals surface area (Å²) in [5.41, 5.74) is 7.16. The molecule has 7 heteroatoms. The number of anilines is 3. The molecular formula is C26H27N7.